The molecular weight excluding hydrogens is 647 g/mol. The average molecular weight is 668 g/mol. The quantitative estimate of drug-likeness (QED) is 0.100. The molecule has 6 rings (SSSR count). The first kappa shape index (κ1) is 28.3. The Hall–Kier alpha value is -3.79. The molecular formula is C31H21BrCl2N2O6. The molecule has 3 aromatic rings. The van der Waals surface area contributed by atoms with Crippen LogP contribution in [0.1, 0.15) is 37.5 Å². The minimum Gasteiger partial charge on any atom is -0.423 e. The Labute approximate surface area is 258 Å². The van der Waals surface area contributed by atoms with Gasteiger partial charge in [-0.3, -0.25) is 19.2 Å². The molecule has 4 atom stereocenters. The van der Waals surface area contributed by atoms with E-state index in [2.05, 4.69) is 15.9 Å². The van der Waals surface area contributed by atoms with E-state index in [9.17, 15) is 24.0 Å². The minimum atomic E-state index is -0.785. The number of hydrogen-bond acceptors (Lipinski definition) is 6. The van der Waals surface area contributed by atoms with Gasteiger partial charge in [0.25, 0.3) is 17.7 Å². The summed E-state index contributed by atoms with van der Waals surface area (Å²) >= 11 is 15.6. The highest BCUT2D eigenvalue weighted by Gasteiger charge is 2.61. The predicted octanol–water partition coefficient (Wildman–Crippen LogP) is 6.02. The van der Waals surface area contributed by atoms with Gasteiger partial charge >= 0.3 is 5.97 Å². The zero-order valence-electron chi connectivity index (χ0n) is 21.7. The highest BCUT2D eigenvalue weighted by Crippen LogP contribution is 2.52. The van der Waals surface area contributed by atoms with Crippen molar-refractivity contribution in [3.8, 4) is 5.75 Å². The van der Waals surface area contributed by atoms with Crippen LogP contribution in [0.4, 0.5) is 0 Å². The number of halogens is 3. The van der Waals surface area contributed by atoms with Gasteiger partial charge in [-0.2, -0.15) is 5.01 Å². The summed E-state index contributed by atoms with van der Waals surface area (Å²) in [5, 5.41) is 2.01. The lowest BCUT2D eigenvalue weighted by Crippen LogP contribution is -2.52. The Balaban J connectivity index is 1.25. The number of Topliss-reactive ketones (excluding diaryl/α,β-unsaturated/α-hetero) is 1. The van der Waals surface area contributed by atoms with E-state index in [1.165, 1.54) is 42.5 Å². The van der Waals surface area contributed by atoms with Crippen LogP contribution in [-0.2, 0) is 9.59 Å². The van der Waals surface area contributed by atoms with E-state index in [0.29, 0.717) is 10.6 Å². The molecule has 0 spiro atoms. The van der Waals surface area contributed by atoms with Crippen molar-refractivity contribution in [3.63, 3.8) is 0 Å². The average Bonchev–Trinajstić information content (AvgIpc) is 3.66. The number of esters is 1. The topological polar surface area (TPSA) is 101 Å². The van der Waals surface area contributed by atoms with Crippen molar-refractivity contribution in [1.29, 1.82) is 0 Å². The molecule has 3 aromatic carbocycles. The molecule has 3 amide bonds. The zero-order chi connectivity index (χ0) is 29.7. The fraction of sp³-hybridized carbons (Fsp3) is 0.194. The third-order valence-corrected chi connectivity index (χ3v) is 8.92. The van der Waals surface area contributed by atoms with Crippen LogP contribution in [0.3, 0.4) is 0 Å². The standard InChI is InChI=1S/C31H21BrCl2N2O6/c32-20-7-3-17(4-8-20)31(41)42-22-10-5-16(6-11-22)25(37)15-35(28(38)23-12-9-21(33)14-24(23)34)36-29(39)26-18-1-2-19(13-18)27(26)30(36)40/h1-12,14,18-19,26-27H,13,15H2/t18-,19-,26+,27+/m0/s1. The van der Waals surface area contributed by atoms with E-state index in [0.717, 1.165) is 20.9 Å². The first-order valence-electron chi connectivity index (χ1n) is 13.1. The van der Waals surface area contributed by atoms with Crippen LogP contribution in [0.25, 0.3) is 0 Å². The summed E-state index contributed by atoms with van der Waals surface area (Å²) in [7, 11) is 0. The maximum atomic E-state index is 13.8. The maximum Gasteiger partial charge on any atom is 0.343 e. The summed E-state index contributed by atoms with van der Waals surface area (Å²) in [4.78, 5) is 66.8. The molecule has 0 aromatic heterocycles. The van der Waals surface area contributed by atoms with E-state index >= 15 is 0 Å². The van der Waals surface area contributed by atoms with E-state index in [-0.39, 0.29) is 33.7 Å². The molecule has 1 saturated heterocycles. The molecule has 42 heavy (non-hydrogen) atoms. The molecule has 0 unspecified atom stereocenters. The van der Waals surface area contributed by atoms with Crippen molar-refractivity contribution in [1.82, 2.24) is 10.0 Å². The number of rotatable bonds is 7. The fourth-order valence-electron chi connectivity index (χ4n) is 5.85. The number of nitrogens with zero attached hydrogens (tertiary/aromatic N) is 2. The van der Waals surface area contributed by atoms with Gasteiger partial charge in [-0.1, -0.05) is 51.3 Å². The molecule has 2 bridgehead atoms. The van der Waals surface area contributed by atoms with Gasteiger partial charge in [0.15, 0.2) is 5.78 Å². The molecule has 0 N–H and O–H groups in total. The van der Waals surface area contributed by atoms with Crippen LogP contribution < -0.4 is 4.74 Å². The number of ether oxygens (including phenoxy) is 1. The molecule has 212 valence electrons. The second-order valence-corrected chi connectivity index (χ2v) is 12.1. The van der Waals surface area contributed by atoms with Gasteiger partial charge in [-0.05, 0) is 85.0 Å². The largest absolute Gasteiger partial charge is 0.423 e. The smallest absolute Gasteiger partial charge is 0.343 e. The molecule has 11 heteroatoms. The number of carbonyl (C=O) groups is 5. The second kappa shape index (κ2) is 11.1. The van der Waals surface area contributed by atoms with Crippen molar-refractivity contribution in [2.24, 2.45) is 23.7 Å². The summed E-state index contributed by atoms with van der Waals surface area (Å²) in [6.07, 6.45) is 4.60. The molecule has 2 aliphatic carbocycles. The number of imide groups is 1. The Morgan fingerprint density at radius 2 is 1.45 bits per heavy atom. The summed E-state index contributed by atoms with van der Waals surface area (Å²) < 4.78 is 6.21. The van der Waals surface area contributed by atoms with Gasteiger partial charge < -0.3 is 4.74 Å². The third-order valence-electron chi connectivity index (χ3n) is 7.84. The number of allylic oxidation sites excluding steroid dienone is 2. The summed E-state index contributed by atoms with van der Waals surface area (Å²) in [6, 6.07) is 16.7. The maximum absolute atomic E-state index is 13.8. The Morgan fingerprint density at radius 3 is 2.05 bits per heavy atom. The molecule has 1 heterocycles. The SMILES string of the molecule is O=C(CN(C(=O)c1ccc(Cl)cc1Cl)N1C(=O)[C@H]2[C@H](C1=O)[C@H]1C=C[C@H]2C1)c1ccc(OC(=O)c2ccc(Br)cc2)cc1. The number of benzene rings is 3. The Kier molecular flexibility index (Phi) is 7.51. The fourth-order valence-corrected chi connectivity index (χ4v) is 6.60. The van der Waals surface area contributed by atoms with Gasteiger partial charge in [-0.25, -0.2) is 9.80 Å². The molecule has 3 aliphatic rings. The van der Waals surface area contributed by atoms with Crippen molar-refractivity contribution in [2.75, 3.05) is 6.54 Å². The second-order valence-electron chi connectivity index (χ2n) is 10.3. The number of ketones is 1. The number of amides is 3. The first-order valence-corrected chi connectivity index (χ1v) is 14.6. The molecule has 2 fully saturated rings. The Morgan fingerprint density at radius 1 is 0.857 bits per heavy atom. The van der Waals surface area contributed by atoms with Crippen LogP contribution in [0.5, 0.6) is 5.75 Å². The number of hydrogen-bond donors (Lipinski definition) is 0. The van der Waals surface area contributed by atoms with Gasteiger partial charge in [0.05, 0.1) is 28.0 Å². The van der Waals surface area contributed by atoms with E-state index in [1.54, 1.807) is 24.3 Å². The van der Waals surface area contributed by atoms with Crippen molar-refractivity contribution in [3.05, 3.63) is 110 Å². The zero-order valence-corrected chi connectivity index (χ0v) is 24.8. The van der Waals surface area contributed by atoms with E-state index < -0.39 is 47.9 Å². The van der Waals surface area contributed by atoms with Crippen LogP contribution in [0, 0.1) is 23.7 Å². The summed E-state index contributed by atoms with van der Waals surface area (Å²) in [5.41, 5.74) is 0.518. The molecule has 0 radical (unpaired) electrons. The van der Waals surface area contributed by atoms with Crippen LogP contribution in [-0.4, -0.2) is 46.0 Å². The van der Waals surface area contributed by atoms with Gasteiger partial charge in [0.1, 0.15) is 12.3 Å². The highest BCUT2D eigenvalue weighted by atomic mass is 79.9. The van der Waals surface area contributed by atoms with Gasteiger partial charge in [-0.15, -0.1) is 0 Å². The van der Waals surface area contributed by atoms with E-state index in [1.807, 2.05) is 12.2 Å². The number of carbonyl (C=O) groups excluding carboxylic acids is 5. The lowest BCUT2D eigenvalue weighted by Gasteiger charge is -2.31. The van der Waals surface area contributed by atoms with Crippen LogP contribution in [0.15, 0.2) is 83.4 Å². The van der Waals surface area contributed by atoms with E-state index in [4.69, 9.17) is 27.9 Å². The third kappa shape index (κ3) is 5.06. The summed E-state index contributed by atoms with van der Waals surface area (Å²) in [6.45, 7) is -0.602. The van der Waals surface area contributed by atoms with Crippen molar-refractivity contribution < 1.29 is 28.7 Å². The minimum absolute atomic E-state index is 0.0113. The Bertz CT molecular complexity index is 1640. The van der Waals surface area contributed by atoms with Crippen molar-refractivity contribution in [2.45, 2.75) is 6.42 Å². The van der Waals surface area contributed by atoms with Gasteiger partial charge in [0.2, 0.25) is 0 Å². The molecule has 8 nitrogen and oxygen atoms in total. The molecule has 1 saturated carbocycles. The lowest BCUT2D eigenvalue weighted by atomic mass is 9.85. The predicted molar refractivity (Wildman–Crippen MR) is 157 cm³/mol. The normalized spacial score (nSPS) is 21.9. The molecule has 1 aliphatic heterocycles. The monoisotopic (exact) mass is 666 g/mol. The summed E-state index contributed by atoms with van der Waals surface area (Å²) in [5.74, 6) is -4.02. The van der Waals surface area contributed by atoms with Gasteiger partial charge in [0, 0.05) is 15.1 Å². The number of fused-ring (bicyclic) bond motifs is 5. The number of hydrazine groups is 1. The lowest BCUT2D eigenvalue weighted by molar-refractivity contribution is -0.154. The highest BCUT2D eigenvalue weighted by molar-refractivity contribution is 9.10. The van der Waals surface area contributed by atoms with Crippen LogP contribution >= 0.6 is 39.1 Å². The first-order chi connectivity index (χ1) is 20.1. The van der Waals surface area contributed by atoms with Crippen molar-refractivity contribution >= 4 is 68.6 Å². The van der Waals surface area contributed by atoms with Crippen LogP contribution in [0.2, 0.25) is 10.0 Å².